The highest BCUT2D eigenvalue weighted by Crippen LogP contribution is 2.48. The Kier molecular flexibility index (Phi) is 18.8. The van der Waals surface area contributed by atoms with Gasteiger partial charge in [-0.25, -0.2) is 19.3 Å². The van der Waals surface area contributed by atoms with Gasteiger partial charge in [-0.05, 0) is 110 Å². The molecule has 0 aromatic rings. The van der Waals surface area contributed by atoms with Gasteiger partial charge in [0.15, 0.2) is 5.70 Å². The van der Waals surface area contributed by atoms with Crippen molar-refractivity contribution < 1.29 is 28.6 Å². The van der Waals surface area contributed by atoms with Crippen LogP contribution < -0.4 is 0 Å². The Morgan fingerprint density at radius 3 is 1.16 bits per heavy atom. The molecule has 15 heteroatoms. The molecule has 0 unspecified atom stereocenters. The Bertz CT molecular complexity index is 2330. The highest BCUT2D eigenvalue weighted by Gasteiger charge is 2.40. The van der Waals surface area contributed by atoms with Gasteiger partial charge in [0.2, 0.25) is 0 Å². The number of nitriles is 4. The molecule has 0 spiro atoms. The van der Waals surface area contributed by atoms with E-state index in [4.69, 9.17) is 27.4 Å². The van der Waals surface area contributed by atoms with E-state index in [0.717, 1.165) is 133 Å². The van der Waals surface area contributed by atoms with Crippen LogP contribution in [-0.4, -0.2) is 91.7 Å². The summed E-state index contributed by atoms with van der Waals surface area (Å²) in [7, 11) is 0. The van der Waals surface area contributed by atoms with Gasteiger partial charge >= 0.3 is 17.9 Å². The second kappa shape index (κ2) is 24.7. The number of hydrogen-bond acceptors (Lipinski definition) is 13. The predicted octanol–water partition coefficient (Wildman–Crippen LogP) is 10.8. The topological polar surface area (TPSA) is 192 Å². The lowest BCUT2D eigenvalue weighted by atomic mass is 9.72. The van der Waals surface area contributed by atoms with Crippen LogP contribution in [0.3, 0.4) is 0 Å². The van der Waals surface area contributed by atoms with E-state index < -0.39 is 54.5 Å². The number of rotatable bonds is 12. The van der Waals surface area contributed by atoms with Gasteiger partial charge in [-0.2, -0.15) is 21.0 Å². The molecule has 3 fully saturated rings. The van der Waals surface area contributed by atoms with E-state index in [0.29, 0.717) is 47.1 Å². The average molecular weight is 992 g/mol. The van der Waals surface area contributed by atoms with E-state index >= 15 is 0 Å². The first kappa shape index (κ1) is 55.5. The zero-order valence-corrected chi connectivity index (χ0v) is 44.1. The molecule has 3 heterocycles. The van der Waals surface area contributed by atoms with Crippen molar-refractivity contribution in [1.82, 2.24) is 14.7 Å². The van der Waals surface area contributed by atoms with Gasteiger partial charge in [0.1, 0.15) is 48.6 Å². The van der Waals surface area contributed by atoms with Crippen molar-refractivity contribution in [2.75, 3.05) is 59.1 Å². The molecule has 6 aliphatic rings. The van der Waals surface area contributed by atoms with Gasteiger partial charge in [-0.3, -0.25) is 4.79 Å². The molecule has 15 nitrogen and oxygen atoms in total. The van der Waals surface area contributed by atoms with Gasteiger partial charge < -0.3 is 28.9 Å². The summed E-state index contributed by atoms with van der Waals surface area (Å²) in [6.45, 7) is 31.8. The van der Waals surface area contributed by atoms with Crippen molar-refractivity contribution in [1.29, 1.82) is 21.0 Å². The van der Waals surface area contributed by atoms with Gasteiger partial charge in [0.05, 0.1) is 36.8 Å². The van der Waals surface area contributed by atoms with Crippen molar-refractivity contribution in [2.45, 2.75) is 157 Å². The summed E-state index contributed by atoms with van der Waals surface area (Å²) in [4.78, 5) is 56.7. The lowest BCUT2D eigenvalue weighted by Crippen LogP contribution is -2.33. The Morgan fingerprint density at radius 1 is 0.507 bits per heavy atom. The number of allylic oxidation sites excluding steroid dienone is 8. The minimum Gasteiger partial charge on any atom is -0.470 e. The van der Waals surface area contributed by atoms with Crippen molar-refractivity contribution >= 4 is 17.9 Å². The SMILES string of the molecule is [C-]#[N+]C1=C(N2CCCCCC2)CC(C)(C)C/C1=C(/[N+]#[C-])C(=O)OCC(COC(=O)/C(C#N)=C1\CC(C)(C)CC(N2CCCCCC2)=C1C#N)COC(=O)/C(C#N)=C1\CC(C)(C)CC(N2CCCCCC2)=C1C#N. The molecule has 0 N–H and O–H groups in total. The molecule has 73 heavy (non-hydrogen) atoms. The molecule has 0 saturated carbocycles. The maximum absolute atomic E-state index is 14.2. The Balaban J connectivity index is 1.33. The summed E-state index contributed by atoms with van der Waals surface area (Å²) in [5, 5.41) is 42.4. The third-order valence-corrected chi connectivity index (χ3v) is 15.1. The largest absolute Gasteiger partial charge is 0.470 e. The number of nitrogens with zero attached hydrogens (tertiary/aromatic N) is 9. The first-order valence-corrected chi connectivity index (χ1v) is 26.4. The summed E-state index contributed by atoms with van der Waals surface area (Å²) < 4.78 is 17.5. The summed E-state index contributed by atoms with van der Waals surface area (Å²) >= 11 is 0. The van der Waals surface area contributed by atoms with Gasteiger partial charge in [-0.1, -0.05) is 80.1 Å². The molecule has 3 aliphatic carbocycles. The molecule has 0 amide bonds. The van der Waals surface area contributed by atoms with Crippen molar-refractivity contribution in [3.63, 3.8) is 0 Å². The van der Waals surface area contributed by atoms with Gasteiger partial charge in [0, 0.05) is 56.4 Å². The van der Waals surface area contributed by atoms with E-state index in [-0.39, 0.29) is 47.2 Å². The number of ether oxygens (including phenoxy) is 3. The Morgan fingerprint density at radius 2 is 0.836 bits per heavy atom. The van der Waals surface area contributed by atoms with E-state index in [9.17, 15) is 35.4 Å². The number of hydrogen-bond donors (Lipinski definition) is 0. The first-order valence-electron chi connectivity index (χ1n) is 26.4. The summed E-state index contributed by atoms with van der Waals surface area (Å²) in [5.74, 6) is -4.07. The Hall–Kier alpha value is -6.81. The molecule has 3 saturated heterocycles. The van der Waals surface area contributed by atoms with Crippen molar-refractivity contribution in [3.05, 3.63) is 90.3 Å². The second-order valence-corrected chi connectivity index (χ2v) is 23.1. The average Bonchev–Trinajstić information content (AvgIpc) is 3.92. The zero-order valence-electron chi connectivity index (χ0n) is 44.1. The van der Waals surface area contributed by atoms with Crippen LogP contribution in [-0.2, 0) is 28.6 Å². The lowest BCUT2D eigenvalue weighted by Gasteiger charge is -2.39. The molecule has 6 rings (SSSR count). The zero-order chi connectivity index (χ0) is 52.9. The van der Waals surface area contributed by atoms with E-state index in [1.165, 1.54) is 0 Å². The minimum atomic E-state index is -1.07. The molecule has 386 valence electrons. The van der Waals surface area contributed by atoms with E-state index in [2.05, 4.69) is 36.5 Å². The van der Waals surface area contributed by atoms with Crippen LogP contribution in [0.2, 0.25) is 0 Å². The van der Waals surface area contributed by atoms with Crippen LogP contribution in [0.4, 0.5) is 0 Å². The third-order valence-electron chi connectivity index (χ3n) is 15.1. The Labute approximate surface area is 433 Å². The van der Waals surface area contributed by atoms with Crippen LogP contribution in [0.1, 0.15) is 157 Å². The third kappa shape index (κ3) is 13.8. The van der Waals surface area contributed by atoms with Crippen LogP contribution in [0.5, 0.6) is 0 Å². The summed E-state index contributed by atoms with van der Waals surface area (Å²) in [6.07, 6.45) is 15.0. The fraction of sp³-hybridized carbons (Fsp3) is 0.638. The monoisotopic (exact) mass is 992 g/mol. The predicted molar refractivity (Wildman–Crippen MR) is 273 cm³/mol. The smallest absolute Gasteiger partial charge is 0.349 e. The molecule has 0 atom stereocenters. The number of carbonyl (C=O) groups is 3. The van der Waals surface area contributed by atoms with Gasteiger partial charge in [-0.15, -0.1) is 0 Å². The second-order valence-electron chi connectivity index (χ2n) is 23.1. The molecule has 0 bridgehead atoms. The van der Waals surface area contributed by atoms with Gasteiger partial charge in [0.25, 0.3) is 5.70 Å². The lowest BCUT2D eigenvalue weighted by molar-refractivity contribution is -0.148. The van der Waals surface area contributed by atoms with Crippen molar-refractivity contribution in [3.8, 4) is 24.3 Å². The molecule has 0 aromatic heterocycles. The molecule has 3 aliphatic heterocycles. The van der Waals surface area contributed by atoms with Crippen LogP contribution in [0.15, 0.2) is 67.5 Å². The van der Waals surface area contributed by atoms with Crippen LogP contribution in [0.25, 0.3) is 9.69 Å². The fourth-order valence-electron chi connectivity index (χ4n) is 11.5. The summed E-state index contributed by atoms with van der Waals surface area (Å²) in [6, 6.07) is 8.69. The maximum atomic E-state index is 14.2. The van der Waals surface area contributed by atoms with Crippen LogP contribution in [0, 0.1) is 80.6 Å². The quantitative estimate of drug-likeness (QED) is 0.0590. The fourth-order valence-corrected chi connectivity index (χ4v) is 11.5. The van der Waals surface area contributed by atoms with Crippen molar-refractivity contribution in [2.24, 2.45) is 22.2 Å². The number of carbonyl (C=O) groups excluding carboxylic acids is 3. The molecule has 0 radical (unpaired) electrons. The minimum absolute atomic E-state index is 0.274. The molecular weight excluding hydrogens is 919 g/mol. The van der Waals surface area contributed by atoms with Crippen LogP contribution >= 0.6 is 0 Å². The normalized spacial score (nSPS) is 23.4. The number of likely N-dealkylation sites (tertiary alicyclic amines) is 3. The highest BCUT2D eigenvalue weighted by atomic mass is 16.6. The highest BCUT2D eigenvalue weighted by molar-refractivity contribution is 5.96. The molecule has 0 aromatic carbocycles. The standard InChI is InChI=1S/C58H73N9O6/c1-56(2)27-41(44(33-59)48(30-56)65-21-15-9-10-16-22-65)46(35-61)53(68)71-37-40(38-72-54(69)47(36-62)42-28-57(3,4)31-49(45(42)34-60)66-23-17-11-12-18-24-66)39-73-55(70)52(64-8)43-29-58(5,6)32-50(51(43)63-7)67-25-19-13-14-20-26-67/h40H,9-32,37-39H2,1-6H3/b46-41+,47-42+,52-43-. The molecular formula is C58H73N9O6. The summed E-state index contributed by atoms with van der Waals surface area (Å²) in [5.41, 5.74) is 2.07. The number of esters is 3. The first-order chi connectivity index (χ1) is 34.9. The maximum Gasteiger partial charge on any atom is 0.349 e. The van der Waals surface area contributed by atoms with E-state index in [1.807, 2.05) is 53.7 Å². The van der Waals surface area contributed by atoms with E-state index in [1.54, 1.807) is 0 Å².